The lowest BCUT2D eigenvalue weighted by atomic mass is 9.94. The molecule has 2 aliphatic rings. The number of esters is 1. The van der Waals surface area contributed by atoms with Crippen molar-refractivity contribution in [3.05, 3.63) is 52.2 Å². The summed E-state index contributed by atoms with van der Waals surface area (Å²) in [6, 6.07) is 5.82. The summed E-state index contributed by atoms with van der Waals surface area (Å²) in [6.07, 6.45) is 1.63. The number of ether oxygens (including phenoxy) is 2. The van der Waals surface area contributed by atoms with E-state index in [2.05, 4.69) is 10.0 Å². The van der Waals surface area contributed by atoms with Crippen LogP contribution in [0.1, 0.15) is 62.1 Å². The van der Waals surface area contributed by atoms with Gasteiger partial charge in [-0.25, -0.2) is 22.6 Å². The van der Waals surface area contributed by atoms with E-state index in [-0.39, 0.29) is 24.6 Å². The van der Waals surface area contributed by atoms with Gasteiger partial charge < -0.3 is 14.8 Å². The molecule has 47 heavy (non-hydrogen) atoms. The Morgan fingerprint density at radius 3 is 2.38 bits per heavy atom. The highest BCUT2D eigenvalue weighted by atomic mass is 32.2. The van der Waals surface area contributed by atoms with E-state index in [1.54, 1.807) is 42.7 Å². The predicted octanol–water partition coefficient (Wildman–Crippen LogP) is 3.29. The Morgan fingerprint density at radius 2 is 1.77 bits per heavy atom. The first-order valence-electron chi connectivity index (χ1n) is 15.9. The number of benzene rings is 1. The van der Waals surface area contributed by atoms with Crippen LogP contribution in [0.5, 0.6) is 0 Å². The van der Waals surface area contributed by atoms with Crippen LogP contribution in [0.2, 0.25) is 0 Å². The minimum Gasteiger partial charge on any atom is -0.465 e. The molecule has 0 spiro atoms. The number of likely N-dealkylation sites (tertiary alicyclic amines) is 1. The molecule has 0 aliphatic carbocycles. The number of fused-ring (bicyclic) bond motifs is 1. The number of alkyl halides is 1. The monoisotopic (exact) mass is 675 g/mol. The van der Waals surface area contributed by atoms with Gasteiger partial charge in [-0.1, -0.05) is 23.8 Å². The smallest absolute Gasteiger partial charge is 0.416 e. The highest BCUT2D eigenvalue weighted by molar-refractivity contribution is 7.89. The minimum absolute atomic E-state index is 0.00623. The van der Waals surface area contributed by atoms with Crippen molar-refractivity contribution in [2.75, 3.05) is 44.2 Å². The van der Waals surface area contributed by atoms with Crippen LogP contribution in [0.25, 0.3) is 0 Å². The number of hydrogen-bond donors (Lipinski definition) is 2. The molecule has 1 atom stereocenters. The van der Waals surface area contributed by atoms with Crippen LogP contribution < -0.4 is 14.9 Å². The molecule has 4 rings (SSSR count). The molecule has 2 aliphatic heterocycles. The Kier molecular flexibility index (Phi) is 11.0. The van der Waals surface area contributed by atoms with Crippen LogP contribution in [0.15, 0.2) is 29.2 Å². The fourth-order valence-electron chi connectivity index (χ4n) is 5.96. The van der Waals surface area contributed by atoms with E-state index in [1.807, 2.05) is 39.8 Å². The maximum absolute atomic E-state index is 15.5. The number of nitrogens with zero attached hydrogens (tertiary/aromatic N) is 3. The molecule has 3 heterocycles. The van der Waals surface area contributed by atoms with Gasteiger partial charge in [0.2, 0.25) is 15.7 Å². The van der Waals surface area contributed by atoms with Crippen molar-refractivity contribution in [3.8, 4) is 0 Å². The summed E-state index contributed by atoms with van der Waals surface area (Å²) in [7, 11) is -4.18. The van der Waals surface area contributed by atoms with Gasteiger partial charge in [0.25, 0.3) is 5.91 Å². The summed E-state index contributed by atoms with van der Waals surface area (Å²) in [5, 5.41) is 2.41. The van der Waals surface area contributed by atoms with Crippen molar-refractivity contribution in [1.82, 2.24) is 19.9 Å². The van der Waals surface area contributed by atoms with Crippen molar-refractivity contribution in [1.29, 1.82) is 0 Å². The standard InChI is InChI=1S/C33H46FN5O7S/c1-8-45-29(40)26(37-47(43,44)27-22(3)16-21(2)17-23(27)4)18-35-30(41)33(34)19-38(20-33)15-13-25-12-11-24-10-9-14-39(28(24)36-25)31(42)46-32(5,6)7/h11-12,16-17,26,37H,8-10,13-15,18-20H2,1-7H3,(H,35,41)/t26-/m0/s1. The molecule has 2 aromatic rings. The van der Waals surface area contributed by atoms with Gasteiger partial charge in [0.05, 0.1) is 11.5 Å². The zero-order valence-corrected chi connectivity index (χ0v) is 29.1. The SMILES string of the molecule is CCOC(=O)[C@H](CNC(=O)C1(F)CN(CCc2ccc3c(n2)N(C(=O)OC(C)(C)C)CCC3)C1)NS(=O)(=O)c1c(C)cc(C)cc1C. The minimum atomic E-state index is -4.18. The maximum Gasteiger partial charge on any atom is 0.416 e. The van der Waals surface area contributed by atoms with Gasteiger partial charge in [-0.05, 0) is 84.1 Å². The van der Waals surface area contributed by atoms with E-state index in [0.717, 1.165) is 29.7 Å². The Bertz CT molecular complexity index is 1600. The lowest BCUT2D eigenvalue weighted by molar-refractivity contribution is -0.147. The average Bonchev–Trinajstić information content (AvgIpc) is 2.94. The Morgan fingerprint density at radius 1 is 1.11 bits per heavy atom. The van der Waals surface area contributed by atoms with Gasteiger partial charge in [0, 0.05) is 44.8 Å². The van der Waals surface area contributed by atoms with E-state index in [4.69, 9.17) is 14.5 Å². The molecule has 1 fully saturated rings. The van der Waals surface area contributed by atoms with Gasteiger partial charge in [-0.3, -0.25) is 19.4 Å². The van der Waals surface area contributed by atoms with E-state index in [0.29, 0.717) is 36.5 Å². The second kappa shape index (κ2) is 14.2. The number of nitrogens with one attached hydrogen (secondary N) is 2. The molecule has 258 valence electrons. The highest BCUT2D eigenvalue weighted by Crippen LogP contribution is 2.29. The number of aromatic nitrogens is 1. The second-order valence-electron chi connectivity index (χ2n) is 13.3. The first kappa shape index (κ1) is 36.2. The molecule has 14 heteroatoms. The van der Waals surface area contributed by atoms with Crippen molar-refractivity contribution in [2.24, 2.45) is 0 Å². The largest absolute Gasteiger partial charge is 0.465 e. The first-order valence-corrected chi connectivity index (χ1v) is 17.4. The van der Waals surface area contributed by atoms with Gasteiger partial charge in [-0.2, -0.15) is 4.72 Å². The third-order valence-corrected chi connectivity index (χ3v) is 9.74. The average molecular weight is 676 g/mol. The number of sulfonamides is 1. The van der Waals surface area contributed by atoms with Gasteiger partial charge in [0.1, 0.15) is 17.5 Å². The molecular weight excluding hydrogens is 629 g/mol. The molecule has 2 N–H and O–H groups in total. The number of pyridine rings is 1. The summed E-state index contributed by atoms with van der Waals surface area (Å²) in [5.41, 5.74) is 0.738. The number of carbonyl (C=O) groups is 3. The van der Waals surface area contributed by atoms with E-state index in [1.165, 1.54) is 0 Å². The fourth-order valence-corrected chi connectivity index (χ4v) is 7.59. The third-order valence-electron chi connectivity index (χ3n) is 7.96. The number of hydrogen-bond acceptors (Lipinski definition) is 9. The number of carbonyl (C=O) groups excluding carboxylic acids is 3. The first-order chi connectivity index (χ1) is 21.9. The summed E-state index contributed by atoms with van der Waals surface area (Å²) in [5.74, 6) is -1.25. The van der Waals surface area contributed by atoms with Crippen LogP contribution in [0.4, 0.5) is 15.0 Å². The molecule has 2 amide bonds. The van der Waals surface area contributed by atoms with Crippen molar-refractivity contribution < 1.29 is 36.7 Å². The molecule has 1 saturated heterocycles. The molecule has 1 aromatic heterocycles. The molecule has 0 radical (unpaired) electrons. The van der Waals surface area contributed by atoms with Crippen molar-refractivity contribution in [2.45, 2.75) is 89.9 Å². The summed E-state index contributed by atoms with van der Waals surface area (Å²) in [4.78, 5) is 46.4. The number of amides is 2. The topological polar surface area (TPSA) is 147 Å². The van der Waals surface area contributed by atoms with Crippen LogP contribution in [-0.4, -0.2) is 92.9 Å². The molecule has 0 saturated carbocycles. The van der Waals surface area contributed by atoms with E-state index >= 15 is 4.39 Å². The Balaban J connectivity index is 1.34. The highest BCUT2D eigenvalue weighted by Gasteiger charge is 2.50. The van der Waals surface area contributed by atoms with Crippen LogP contribution in [0, 0.1) is 20.8 Å². The zero-order chi connectivity index (χ0) is 34.7. The summed E-state index contributed by atoms with van der Waals surface area (Å²) < 4.78 is 55.1. The van der Waals surface area contributed by atoms with Crippen LogP contribution >= 0.6 is 0 Å². The lowest BCUT2D eigenvalue weighted by Gasteiger charge is -2.43. The summed E-state index contributed by atoms with van der Waals surface area (Å²) >= 11 is 0. The summed E-state index contributed by atoms with van der Waals surface area (Å²) in [6.45, 7) is 12.3. The van der Waals surface area contributed by atoms with Gasteiger partial charge >= 0.3 is 12.1 Å². The quantitative estimate of drug-likeness (QED) is 0.343. The molecule has 0 unspecified atom stereocenters. The molecular formula is C33H46FN5O7S. The van der Waals surface area contributed by atoms with Crippen LogP contribution in [0.3, 0.4) is 0 Å². The van der Waals surface area contributed by atoms with Crippen molar-refractivity contribution in [3.63, 3.8) is 0 Å². The number of rotatable bonds is 11. The maximum atomic E-state index is 15.5. The predicted molar refractivity (Wildman–Crippen MR) is 175 cm³/mol. The molecule has 12 nitrogen and oxygen atoms in total. The number of anilines is 1. The van der Waals surface area contributed by atoms with E-state index in [9.17, 15) is 22.8 Å². The number of aryl methyl sites for hydroxylation is 4. The van der Waals surface area contributed by atoms with E-state index < -0.39 is 51.8 Å². The van der Waals surface area contributed by atoms with Gasteiger partial charge in [0.15, 0.2) is 0 Å². The molecule has 1 aromatic carbocycles. The lowest BCUT2D eigenvalue weighted by Crippen LogP contribution is -2.67. The fraction of sp³-hybridized carbons (Fsp3) is 0.576. The normalized spacial score (nSPS) is 16.9. The van der Waals surface area contributed by atoms with Crippen molar-refractivity contribution >= 4 is 33.8 Å². The zero-order valence-electron chi connectivity index (χ0n) is 28.2. The Hall–Kier alpha value is -3.62. The third kappa shape index (κ3) is 8.85. The Labute approximate surface area is 276 Å². The second-order valence-corrected chi connectivity index (χ2v) is 15.0. The molecule has 0 bridgehead atoms. The number of halogens is 1. The van der Waals surface area contributed by atoms with Gasteiger partial charge in [-0.15, -0.1) is 0 Å². The van der Waals surface area contributed by atoms with Crippen LogP contribution in [-0.2, 0) is 41.9 Å².